The minimum Gasteiger partial charge on any atom is -0.352 e. The Morgan fingerprint density at radius 1 is 1.10 bits per heavy atom. The Labute approximate surface area is 187 Å². The normalized spacial score (nSPS) is 12.6. The van der Waals surface area contributed by atoms with Gasteiger partial charge in [-0.1, -0.05) is 55.8 Å². The van der Waals surface area contributed by atoms with Gasteiger partial charge in [0.05, 0.1) is 11.3 Å². The molecule has 2 atom stereocenters. The molecule has 0 aliphatic rings. The third-order valence-corrected chi connectivity index (χ3v) is 5.44. The number of halogens is 1. The Morgan fingerprint density at radius 2 is 1.74 bits per heavy atom. The van der Waals surface area contributed by atoms with Crippen molar-refractivity contribution in [2.24, 2.45) is 0 Å². The predicted octanol–water partition coefficient (Wildman–Crippen LogP) is 4.51. The van der Waals surface area contributed by atoms with E-state index in [9.17, 15) is 19.7 Å². The lowest BCUT2D eigenvalue weighted by molar-refractivity contribution is -0.385. The number of benzene rings is 2. The molecule has 1 N–H and O–H groups in total. The molecule has 2 rings (SSSR count). The summed E-state index contributed by atoms with van der Waals surface area (Å²) < 4.78 is 0. The smallest absolute Gasteiger partial charge is 0.273 e. The molecule has 0 aliphatic carbocycles. The third kappa shape index (κ3) is 6.79. The fourth-order valence-electron chi connectivity index (χ4n) is 3.25. The van der Waals surface area contributed by atoms with Crippen LogP contribution in [0.2, 0.25) is 5.02 Å². The van der Waals surface area contributed by atoms with E-state index in [0.717, 1.165) is 12.0 Å². The van der Waals surface area contributed by atoms with Crippen molar-refractivity contribution in [2.45, 2.75) is 58.7 Å². The van der Waals surface area contributed by atoms with Crippen LogP contribution < -0.4 is 5.32 Å². The zero-order chi connectivity index (χ0) is 23.0. The molecule has 7 nitrogen and oxygen atoms in total. The van der Waals surface area contributed by atoms with Gasteiger partial charge in [0.15, 0.2) is 0 Å². The first-order valence-corrected chi connectivity index (χ1v) is 10.7. The van der Waals surface area contributed by atoms with Gasteiger partial charge in [-0.3, -0.25) is 19.7 Å². The van der Waals surface area contributed by atoms with Crippen molar-refractivity contribution in [2.75, 3.05) is 0 Å². The second-order valence-electron chi connectivity index (χ2n) is 7.45. The summed E-state index contributed by atoms with van der Waals surface area (Å²) in [4.78, 5) is 38.6. The summed E-state index contributed by atoms with van der Waals surface area (Å²) >= 11 is 5.97. The molecular formula is C23H28ClN3O4. The number of hydrogen-bond acceptors (Lipinski definition) is 4. The van der Waals surface area contributed by atoms with Crippen LogP contribution in [0.4, 0.5) is 5.69 Å². The van der Waals surface area contributed by atoms with Gasteiger partial charge in [-0.05, 0) is 37.5 Å². The molecule has 0 bridgehead atoms. The maximum atomic E-state index is 13.3. The molecular weight excluding hydrogens is 418 g/mol. The highest BCUT2D eigenvalue weighted by atomic mass is 35.5. The van der Waals surface area contributed by atoms with E-state index in [1.807, 2.05) is 20.8 Å². The van der Waals surface area contributed by atoms with Crippen molar-refractivity contribution in [3.05, 3.63) is 74.8 Å². The number of nitro groups is 1. The molecule has 0 saturated carbocycles. The largest absolute Gasteiger partial charge is 0.352 e. The standard InChI is InChI=1S/C23H28ClN3O4/c1-4-16(3)25-23(29)20(5-2)26(15-17-10-12-19(24)13-11-17)22(28)14-18-8-6-7-9-21(18)27(30)31/h6-13,16,20H,4-5,14-15H2,1-3H3,(H,25,29). The van der Waals surface area contributed by atoms with E-state index in [0.29, 0.717) is 17.0 Å². The monoisotopic (exact) mass is 445 g/mol. The van der Waals surface area contributed by atoms with Crippen molar-refractivity contribution in [3.8, 4) is 0 Å². The van der Waals surface area contributed by atoms with E-state index in [1.54, 1.807) is 42.5 Å². The minimum absolute atomic E-state index is 0.0238. The minimum atomic E-state index is -0.694. The molecule has 0 saturated heterocycles. The van der Waals surface area contributed by atoms with Gasteiger partial charge in [0.25, 0.3) is 5.69 Å². The Kier molecular flexibility index (Phi) is 9.00. The highest BCUT2D eigenvalue weighted by Gasteiger charge is 2.30. The summed E-state index contributed by atoms with van der Waals surface area (Å²) in [5.74, 6) is -0.586. The van der Waals surface area contributed by atoms with Crippen LogP contribution in [0.15, 0.2) is 48.5 Å². The average Bonchev–Trinajstić information content (AvgIpc) is 2.75. The third-order valence-electron chi connectivity index (χ3n) is 5.18. The summed E-state index contributed by atoms with van der Waals surface area (Å²) in [5.41, 5.74) is 1.02. The van der Waals surface area contributed by atoms with Crippen molar-refractivity contribution < 1.29 is 14.5 Å². The van der Waals surface area contributed by atoms with Gasteiger partial charge in [0.1, 0.15) is 6.04 Å². The van der Waals surface area contributed by atoms with Gasteiger partial charge in [0.2, 0.25) is 11.8 Å². The zero-order valence-electron chi connectivity index (χ0n) is 18.0. The van der Waals surface area contributed by atoms with Crippen LogP contribution in [-0.2, 0) is 22.6 Å². The summed E-state index contributed by atoms with van der Waals surface area (Å²) in [6.45, 7) is 5.91. The van der Waals surface area contributed by atoms with E-state index >= 15 is 0 Å². The first kappa shape index (κ1) is 24.3. The number of para-hydroxylation sites is 1. The lowest BCUT2D eigenvalue weighted by Gasteiger charge is -2.31. The van der Waals surface area contributed by atoms with E-state index in [-0.39, 0.29) is 36.5 Å². The highest BCUT2D eigenvalue weighted by molar-refractivity contribution is 6.30. The molecule has 0 radical (unpaired) electrons. The topological polar surface area (TPSA) is 92.6 Å². The summed E-state index contributed by atoms with van der Waals surface area (Å²) in [7, 11) is 0. The molecule has 2 aromatic rings. The van der Waals surface area contributed by atoms with Gasteiger partial charge in [-0.15, -0.1) is 0 Å². The second kappa shape index (κ2) is 11.5. The van der Waals surface area contributed by atoms with Gasteiger partial charge >= 0.3 is 0 Å². The van der Waals surface area contributed by atoms with Crippen molar-refractivity contribution >= 4 is 29.1 Å². The van der Waals surface area contributed by atoms with E-state index in [4.69, 9.17) is 11.6 Å². The molecule has 2 amide bonds. The van der Waals surface area contributed by atoms with Crippen LogP contribution in [0.5, 0.6) is 0 Å². The molecule has 0 heterocycles. The van der Waals surface area contributed by atoms with Crippen molar-refractivity contribution in [3.63, 3.8) is 0 Å². The van der Waals surface area contributed by atoms with Crippen molar-refractivity contribution in [1.82, 2.24) is 10.2 Å². The molecule has 2 unspecified atom stereocenters. The van der Waals surface area contributed by atoms with Gasteiger partial charge < -0.3 is 10.2 Å². The number of nitrogens with zero attached hydrogens (tertiary/aromatic N) is 2. The second-order valence-corrected chi connectivity index (χ2v) is 7.89. The fraction of sp³-hybridized carbons (Fsp3) is 0.391. The van der Waals surface area contributed by atoms with Crippen LogP contribution in [0, 0.1) is 10.1 Å². The molecule has 0 spiro atoms. The molecule has 2 aromatic carbocycles. The summed E-state index contributed by atoms with van der Waals surface area (Å²) in [5, 5.41) is 14.9. The first-order valence-electron chi connectivity index (χ1n) is 10.3. The summed E-state index contributed by atoms with van der Waals surface area (Å²) in [6.07, 6.45) is 1.01. The molecule has 0 aromatic heterocycles. The number of nitrogens with one attached hydrogen (secondary N) is 1. The van der Waals surface area contributed by atoms with Crippen LogP contribution >= 0.6 is 11.6 Å². The molecule has 0 fully saturated rings. The number of amides is 2. The Bertz CT molecular complexity index is 917. The van der Waals surface area contributed by atoms with E-state index in [2.05, 4.69) is 5.32 Å². The van der Waals surface area contributed by atoms with E-state index in [1.165, 1.54) is 11.0 Å². The maximum Gasteiger partial charge on any atom is 0.273 e. The van der Waals surface area contributed by atoms with Crippen LogP contribution in [0.3, 0.4) is 0 Å². The fourth-order valence-corrected chi connectivity index (χ4v) is 3.38. The van der Waals surface area contributed by atoms with E-state index < -0.39 is 11.0 Å². The number of nitro benzene ring substituents is 1. The Hall–Kier alpha value is -2.93. The highest BCUT2D eigenvalue weighted by Crippen LogP contribution is 2.21. The van der Waals surface area contributed by atoms with Crippen LogP contribution in [0.25, 0.3) is 0 Å². The average molecular weight is 446 g/mol. The van der Waals surface area contributed by atoms with Gasteiger partial charge in [0, 0.05) is 29.2 Å². The first-order chi connectivity index (χ1) is 14.8. The van der Waals surface area contributed by atoms with Crippen LogP contribution in [0.1, 0.15) is 44.7 Å². The summed E-state index contributed by atoms with van der Waals surface area (Å²) in [6, 6.07) is 12.5. The van der Waals surface area contributed by atoms with Crippen molar-refractivity contribution in [1.29, 1.82) is 0 Å². The molecule has 166 valence electrons. The quantitative estimate of drug-likeness (QED) is 0.430. The molecule has 31 heavy (non-hydrogen) atoms. The number of carbonyl (C=O) groups is 2. The number of carbonyl (C=O) groups excluding carboxylic acids is 2. The lowest BCUT2D eigenvalue weighted by atomic mass is 10.0. The SMILES string of the molecule is CCC(C)NC(=O)C(CC)N(Cc1ccc(Cl)cc1)C(=O)Cc1ccccc1[N+](=O)[O-]. The molecule has 0 aliphatic heterocycles. The Balaban J connectivity index is 2.35. The van der Waals surface area contributed by atoms with Gasteiger partial charge in [-0.25, -0.2) is 0 Å². The maximum absolute atomic E-state index is 13.3. The predicted molar refractivity (Wildman–Crippen MR) is 121 cm³/mol. The van der Waals surface area contributed by atoms with Crippen LogP contribution in [-0.4, -0.2) is 33.7 Å². The zero-order valence-corrected chi connectivity index (χ0v) is 18.8. The molecule has 8 heteroatoms. The number of rotatable bonds is 10. The lowest BCUT2D eigenvalue weighted by Crippen LogP contribution is -2.51. The van der Waals surface area contributed by atoms with Gasteiger partial charge in [-0.2, -0.15) is 0 Å². The number of hydrogen-bond donors (Lipinski definition) is 1. The Morgan fingerprint density at radius 3 is 2.32 bits per heavy atom.